The second-order valence-electron chi connectivity index (χ2n) is 10.3. The lowest BCUT2D eigenvalue weighted by Gasteiger charge is -2.43. The number of carbonyl (C=O) groups is 3. The number of rotatable bonds is 9. The van der Waals surface area contributed by atoms with Gasteiger partial charge in [-0.05, 0) is 24.6 Å². The second-order valence-corrected chi connectivity index (χ2v) is 10.3. The lowest BCUT2D eigenvalue weighted by Crippen LogP contribution is -2.58. The summed E-state index contributed by atoms with van der Waals surface area (Å²) in [5, 5.41) is 3.27. The van der Waals surface area contributed by atoms with Gasteiger partial charge in [0, 0.05) is 29.2 Å². The maximum absolute atomic E-state index is 13.7. The highest BCUT2D eigenvalue weighted by Gasteiger charge is 2.40. The average molecular weight is 500 g/mol. The number of carbonyl (C=O) groups excluding carboxylic acids is 3. The molecule has 0 saturated carbocycles. The molecule has 0 amide bonds. The van der Waals surface area contributed by atoms with Gasteiger partial charge in [0.2, 0.25) is 5.78 Å². The molecular formula is C31H35N2O4+. The Bertz CT molecular complexity index is 1240. The summed E-state index contributed by atoms with van der Waals surface area (Å²) in [5.41, 5.74) is 2.56. The molecular weight excluding hydrogens is 464 g/mol. The van der Waals surface area contributed by atoms with Crippen LogP contribution in [0, 0.1) is 5.92 Å². The topological polar surface area (TPSA) is 72.5 Å². The van der Waals surface area contributed by atoms with Crippen molar-refractivity contribution in [3.63, 3.8) is 0 Å². The first-order valence-corrected chi connectivity index (χ1v) is 12.8. The fourth-order valence-corrected chi connectivity index (χ4v) is 4.98. The largest absolute Gasteiger partial charge is 0.454 e. The highest BCUT2D eigenvalue weighted by Crippen LogP contribution is 2.29. The first-order chi connectivity index (χ1) is 17.8. The van der Waals surface area contributed by atoms with Crippen LogP contribution in [0.15, 0.2) is 84.9 Å². The van der Waals surface area contributed by atoms with Gasteiger partial charge in [-0.25, -0.2) is 4.79 Å². The third-order valence-electron chi connectivity index (χ3n) is 7.24. The molecule has 0 radical (unpaired) electrons. The van der Waals surface area contributed by atoms with Crippen LogP contribution in [0.2, 0.25) is 0 Å². The normalized spacial score (nSPS) is 22.0. The summed E-state index contributed by atoms with van der Waals surface area (Å²) in [5.74, 6) is -0.222. The number of benzene rings is 3. The van der Waals surface area contributed by atoms with Crippen LogP contribution in [0.1, 0.15) is 52.6 Å². The van der Waals surface area contributed by atoms with Crippen molar-refractivity contribution < 1.29 is 23.6 Å². The van der Waals surface area contributed by atoms with Gasteiger partial charge in [0.25, 0.3) is 0 Å². The monoisotopic (exact) mass is 499 g/mol. The first-order valence-electron chi connectivity index (χ1n) is 12.8. The number of nitrogens with one attached hydrogen (secondary N) is 1. The van der Waals surface area contributed by atoms with E-state index in [1.54, 1.807) is 18.2 Å². The minimum Gasteiger partial charge on any atom is -0.454 e. The minimum atomic E-state index is -0.777. The van der Waals surface area contributed by atoms with Crippen molar-refractivity contribution in [1.29, 1.82) is 0 Å². The highest BCUT2D eigenvalue weighted by atomic mass is 16.5. The lowest BCUT2D eigenvalue weighted by molar-refractivity contribution is -0.910. The predicted molar refractivity (Wildman–Crippen MR) is 144 cm³/mol. The molecule has 1 saturated heterocycles. The molecule has 1 fully saturated rings. The summed E-state index contributed by atoms with van der Waals surface area (Å²) in [7, 11) is 2.06. The van der Waals surface area contributed by atoms with Crippen molar-refractivity contribution in [2.75, 3.05) is 32.0 Å². The van der Waals surface area contributed by atoms with Gasteiger partial charge in [0.05, 0.1) is 13.6 Å². The van der Waals surface area contributed by atoms with Crippen LogP contribution in [0.4, 0.5) is 5.69 Å². The average Bonchev–Trinajstić information content (AvgIpc) is 2.90. The Balaban J connectivity index is 1.53. The van der Waals surface area contributed by atoms with Crippen molar-refractivity contribution in [3.8, 4) is 0 Å². The molecule has 6 nitrogen and oxygen atoms in total. The zero-order valence-electron chi connectivity index (χ0n) is 21.7. The zero-order chi connectivity index (χ0) is 26.4. The van der Waals surface area contributed by atoms with Crippen molar-refractivity contribution >= 4 is 23.2 Å². The van der Waals surface area contributed by atoms with E-state index < -0.39 is 12.0 Å². The number of likely N-dealkylation sites (N-methyl/N-ethyl adjacent to an activating group) is 1. The van der Waals surface area contributed by atoms with Gasteiger partial charge in [-0.3, -0.25) is 9.59 Å². The fourth-order valence-electron chi connectivity index (χ4n) is 4.98. The highest BCUT2D eigenvalue weighted by molar-refractivity contribution is 6.00. The molecule has 1 aliphatic rings. The van der Waals surface area contributed by atoms with Crippen molar-refractivity contribution in [1.82, 2.24) is 0 Å². The van der Waals surface area contributed by atoms with Crippen LogP contribution in [0.25, 0.3) is 0 Å². The van der Waals surface area contributed by atoms with E-state index in [1.807, 2.05) is 66.7 Å². The van der Waals surface area contributed by atoms with E-state index in [4.69, 9.17) is 4.74 Å². The van der Waals surface area contributed by atoms with E-state index in [2.05, 4.69) is 19.3 Å². The molecule has 3 unspecified atom stereocenters. The molecule has 3 aromatic rings. The van der Waals surface area contributed by atoms with Crippen molar-refractivity contribution in [2.24, 2.45) is 5.92 Å². The second kappa shape index (κ2) is 11.5. The summed E-state index contributed by atoms with van der Waals surface area (Å²) >= 11 is 0. The van der Waals surface area contributed by atoms with Crippen molar-refractivity contribution in [2.45, 2.75) is 32.4 Å². The standard InChI is InChI=1S/C31H34N2O4/c1-22-18-19-33(3,20-28(35)24-12-6-4-7-13-24)21-29(22)37-31(36)30(25-14-8-5-9-15-25)32-27-17-11-10-16-26(27)23(2)34/h4-17,22,29-30H,18-21H2,1-3H3/p+1/t22?,29-,30?,33?/m0/s1. The summed E-state index contributed by atoms with van der Waals surface area (Å²) in [6, 6.07) is 25.1. The Morgan fingerprint density at radius 2 is 1.57 bits per heavy atom. The minimum absolute atomic E-state index is 0.0830. The molecule has 192 valence electrons. The van der Waals surface area contributed by atoms with Crippen LogP contribution < -0.4 is 5.32 Å². The van der Waals surface area contributed by atoms with Gasteiger partial charge in [0.15, 0.2) is 17.9 Å². The Hall–Kier alpha value is -3.77. The van der Waals surface area contributed by atoms with E-state index in [1.165, 1.54) is 6.92 Å². The van der Waals surface area contributed by atoms with E-state index in [9.17, 15) is 14.4 Å². The number of piperidine rings is 1. The molecule has 4 atom stereocenters. The Kier molecular flexibility index (Phi) is 8.19. The summed E-state index contributed by atoms with van der Waals surface area (Å²) < 4.78 is 6.68. The number of ether oxygens (including phenoxy) is 1. The molecule has 0 spiro atoms. The smallest absolute Gasteiger partial charge is 0.333 e. The molecule has 37 heavy (non-hydrogen) atoms. The zero-order valence-corrected chi connectivity index (χ0v) is 21.7. The third kappa shape index (κ3) is 6.52. The molecule has 0 aromatic heterocycles. The van der Waals surface area contributed by atoms with Crippen LogP contribution in [0.3, 0.4) is 0 Å². The predicted octanol–water partition coefficient (Wildman–Crippen LogP) is 5.32. The molecule has 1 heterocycles. The lowest BCUT2D eigenvalue weighted by atomic mass is 9.93. The van der Waals surface area contributed by atoms with Crippen molar-refractivity contribution in [3.05, 3.63) is 102 Å². The molecule has 0 aliphatic carbocycles. The van der Waals surface area contributed by atoms with Gasteiger partial charge in [-0.2, -0.15) is 0 Å². The van der Waals surface area contributed by atoms with Gasteiger partial charge >= 0.3 is 5.97 Å². The van der Waals surface area contributed by atoms with E-state index in [-0.39, 0.29) is 23.6 Å². The SMILES string of the molecule is CC(=O)c1ccccc1NC(C(=O)O[C@H]1C[N+](C)(CC(=O)c2ccccc2)CCC1C)c1ccccc1. The maximum atomic E-state index is 13.7. The van der Waals surface area contributed by atoms with E-state index in [0.29, 0.717) is 34.4 Å². The number of nitrogens with zero attached hydrogens (tertiary/aromatic N) is 1. The van der Waals surface area contributed by atoms with E-state index >= 15 is 0 Å². The number of ketones is 2. The Labute approximate surface area is 218 Å². The Morgan fingerprint density at radius 3 is 2.24 bits per heavy atom. The fraction of sp³-hybridized carbons (Fsp3) is 0.323. The van der Waals surface area contributed by atoms with Gasteiger partial charge in [0.1, 0.15) is 13.1 Å². The summed E-state index contributed by atoms with van der Waals surface area (Å²) in [6.45, 7) is 5.38. The summed E-state index contributed by atoms with van der Waals surface area (Å²) in [6.07, 6.45) is 0.526. The van der Waals surface area contributed by atoms with Crippen LogP contribution in [-0.2, 0) is 9.53 Å². The third-order valence-corrected chi connectivity index (χ3v) is 7.24. The molecule has 4 rings (SSSR count). The van der Waals surface area contributed by atoms with Crippen LogP contribution in [0.5, 0.6) is 0 Å². The molecule has 3 aromatic carbocycles. The van der Waals surface area contributed by atoms with Gasteiger partial charge in [-0.15, -0.1) is 0 Å². The quantitative estimate of drug-likeness (QED) is 0.245. The maximum Gasteiger partial charge on any atom is 0.333 e. The number of anilines is 1. The van der Waals surface area contributed by atoms with Crippen LogP contribution in [-0.4, -0.2) is 54.8 Å². The Morgan fingerprint density at radius 1 is 0.946 bits per heavy atom. The molecule has 6 heteroatoms. The molecule has 0 bridgehead atoms. The number of quaternary nitrogens is 1. The number of esters is 1. The van der Waals surface area contributed by atoms with Gasteiger partial charge < -0.3 is 14.5 Å². The number of Topliss-reactive ketones (excluding diaryl/α,β-unsaturated/α-hetero) is 2. The summed E-state index contributed by atoms with van der Waals surface area (Å²) in [4.78, 5) is 38.8. The number of likely N-dealkylation sites (tertiary alicyclic amines) is 1. The van der Waals surface area contributed by atoms with E-state index in [0.717, 1.165) is 18.5 Å². The van der Waals surface area contributed by atoms with Gasteiger partial charge in [-0.1, -0.05) is 79.7 Å². The number of hydrogen-bond acceptors (Lipinski definition) is 5. The molecule has 1 N–H and O–H groups in total. The number of para-hydroxylation sites is 1. The molecule has 1 aliphatic heterocycles. The number of hydrogen-bond donors (Lipinski definition) is 1. The van der Waals surface area contributed by atoms with Crippen LogP contribution >= 0.6 is 0 Å². The first kappa shape index (κ1) is 26.3.